The number of aliphatic carboxylic acids is 1. The first-order valence-corrected chi connectivity index (χ1v) is 4.88. The second-order valence-electron chi connectivity index (χ2n) is 2.91. The Morgan fingerprint density at radius 1 is 1.75 bits per heavy atom. The van der Waals surface area contributed by atoms with Crippen LogP contribution in [0.5, 0.6) is 0 Å². The van der Waals surface area contributed by atoms with E-state index in [4.69, 9.17) is 5.11 Å². The van der Waals surface area contributed by atoms with E-state index in [9.17, 15) is 4.79 Å². The van der Waals surface area contributed by atoms with Crippen LogP contribution in [0.1, 0.15) is 18.9 Å². The van der Waals surface area contributed by atoms with Crippen LogP contribution in [0.25, 0.3) is 0 Å². The molecule has 0 aliphatic carbocycles. The van der Waals surface area contributed by atoms with Crippen molar-refractivity contribution in [3.8, 4) is 0 Å². The lowest BCUT2D eigenvalue weighted by molar-refractivity contribution is -0.141. The van der Waals surface area contributed by atoms with E-state index < -0.39 is 5.97 Å². The van der Waals surface area contributed by atoms with Gasteiger partial charge in [-0.3, -0.25) is 4.79 Å². The summed E-state index contributed by atoms with van der Waals surface area (Å²) in [7, 11) is 0. The average molecular weight is 184 g/mol. The van der Waals surface area contributed by atoms with Crippen molar-refractivity contribution < 1.29 is 9.90 Å². The van der Waals surface area contributed by atoms with Gasteiger partial charge in [-0.25, -0.2) is 0 Å². The van der Waals surface area contributed by atoms with Gasteiger partial charge in [0.2, 0.25) is 0 Å². The third kappa shape index (κ3) is 2.66. The summed E-state index contributed by atoms with van der Waals surface area (Å²) in [4.78, 5) is 10.5. The van der Waals surface area contributed by atoms with Gasteiger partial charge in [-0.2, -0.15) is 11.3 Å². The normalized spacial score (nSPS) is 12.8. The van der Waals surface area contributed by atoms with Gasteiger partial charge in [0.1, 0.15) is 0 Å². The Labute approximate surface area is 75.9 Å². The molecule has 1 N–H and O–H groups in total. The first-order chi connectivity index (χ1) is 5.70. The van der Waals surface area contributed by atoms with Gasteiger partial charge in [0.05, 0.1) is 5.92 Å². The Hall–Kier alpha value is -0.830. The summed E-state index contributed by atoms with van der Waals surface area (Å²) in [6.07, 6.45) is 1.60. The van der Waals surface area contributed by atoms with Crippen molar-refractivity contribution in [3.05, 3.63) is 22.4 Å². The highest BCUT2D eigenvalue weighted by Crippen LogP contribution is 2.12. The van der Waals surface area contributed by atoms with Gasteiger partial charge in [0.15, 0.2) is 0 Å². The molecule has 1 atom stereocenters. The molecule has 0 amide bonds. The zero-order valence-corrected chi connectivity index (χ0v) is 7.80. The zero-order chi connectivity index (χ0) is 8.97. The van der Waals surface area contributed by atoms with Gasteiger partial charge in [0, 0.05) is 0 Å². The summed E-state index contributed by atoms with van der Waals surface area (Å²) in [6, 6.07) is 2.04. The number of hydrogen-bond acceptors (Lipinski definition) is 2. The minimum absolute atomic E-state index is 0.232. The molecule has 0 fully saturated rings. The molecule has 1 aromatic heterocycles. The summed E-state index contributed by atoms with van der Waals surface area (Å²) in [5.41, 5.74) is 1.24. The van der Waals surface area contributed by atoms with Crippen LogP contribution >= 0.6 is 11.3 Å². The van der Waals surface area contributed by atoms with Crippen LogP contribution in [-0.2, 0) is 11.2 Å². The second kappa shape index (κ2) is 4.26. The predicted octanol–water partition coefficient (Wildman–Crippen LogP) is 2.40. The molecule has 1 aromatic rings. The summed E-state index contributed by atoms with van der Waals surface area (Å²) in [5, 5.41) is 12.7. The van der Waals surface area contributed by atoms with E-state index in [1.165, 1.54) is 5.56 Å². The number of carboxylic acids is 1. The van der Waals surface area contributed by atoms with Crippen LogP contribution in [0.4, 0.5) is 0 Å². The maximum atomic E-state index is 10.5. The van der Waals surface area contributed by atoms with Crippen molar-refractivity contribution in [3.63, 3.8) is 0 Å². The number of thiophene rings is 1. The molecular formula is C9H12O2S. The molecule has 66 valence electrons. The van der Waals surface area contributed by atoms with Crippen molar-refractivity contribution >= 4 is 17.3 Å². The highest BCUT2D eigenvalue weighted by molar-refractivity contribution is 7.07. The average Bonchev–Trinajstić information content (AvgIpc) is 2.51. The maximum absolute atomic E-state index is 10.5. The van der Waals surface area contributed by atoms with E-state index in [-0.39, 0.29) is 5.92 Å². The molecule has 1 unspecified atom stereocenters. The van der Waals surface area contributed by atoms with Gasteiger partial charge in [0.25, 0.3) is 0 Å². The second-order valence-corrected chi connectivity index (χ2v) is 3.69. The Bertz CT molecular complexity index is 241. The SMILES string of the molecule is CC(CCc1ccsc1)C(=O)O. The van der Waals surface area contributed by atoms with Crippen LogP contribution in [0.3, 0.4) is 0 Å². The monoisotopic (exact) mass is 184 g/mol. The molecule has 12 heavy (non-hydrogen) atoms. The van der Waals surface area contributed by atoms with E-state index in [0.29, 0.717) is 0 Å². The van der Waals surface area contributed by atoms with Gasteiger partial charge >= 0.3 is 5.97 Å². The zero-order valence-electron chi connectivity index (χ0n) is 6.99. The smallest absolute Gasteiger partial charge is 0.306 e. The van der Waals surface area contributed by atoms with Gasteiger partial charge in [-0.15, -0.1) is 0 Å². The number of carbonyl (C=O) groups is 1. The molecule has 0 bridgehead atoms. The lowest BCUT2D eigenvalue weighted by atomic mass is 10.0. The quantitative estimate of drug-likeness (QED) is 0.780. The van der Waals surface area contributed by atoms with Crippen molar-refractivity contribution in [1.29, 1.82) is 0 Å². The van der Waals surface area contributed by atoms with E-state index in [0.717, 1.165) is 12.8 Å². The number of carboxylic acid groups (broad SMARTS) is 1. The minimum atomic E-state index is -0.703. The standard InChI is InChI=1S/C9H12O2S/c1-7(9(10)11)2-3-8-4-5-12-6-8/h4-7H,2-3H2,1H3,(H,10,11). The van der Waals surface area contributed by atoms with Crippen LogP contribution < -0.4 is 0 Å². The van der Waals surface area contributed by atoms with E-state index in [2.05, 4.69) is 5.38 Å². The Kier molecular flexibility index (Phi) is 3.29. The fourth-order valence-electron chi connectivity index (χ4n) is 0.942. The third-order valence-corrected chi connectivity index (χ3v) is 2.60. The summed E-state index contributed by atoms with van der Waals surface area (Å²) >= 11 is 1.65. The fraction of sp³-hybridized carbons (Fsp3) is 0.444. The number of aryl methyl sites for hydroxylation is 1. The molecule has 0 spiro atoms. The van der Waals surface area contributed by atoms with Crippen LogP contribution in [0, 0.1) is 5.92 Å². The molecule has 2 nitrogen and oxygen atoms in total. The van der Waals surface area contributed by atoms with E-state index in [1.807, 2.05) is 11.4 Å². The Morgan fingerprint density at radius 3 is 3.00 bits per heavy atom. The van der Waals surface area contributed by atoms with Gasteiger partial charge in [-0.1, -0.05) is 6.92 Å². The van der Waals surface area contributed by atoms with E-state index >= 15 is 0 Å². The van der Waals surface area contributed by atoms with Gasteiger partial charge < -0.3 is 5.11 Å². The molecule has 1 rings (SSSR count). The lowest BCUT2D eigenvalue weighted by Crippen LogP contribution is -2.09. The number of rotatable bonds is 4. The minimum Gasteiger partial charge on any atom is -0.481 e. The molecule has 0 aliphatic rings. The highest BCUT2D eigenvalue weighted by atomic mass is 32.1. The van der Waals surface area contributed by atoms with Crippen LogP contribution in [0.15, 0.2) is 16.8 Å². The first-order valence-electron chi connectivity index (χ1n) is 3.94. The fourth-order valence-corrected chi connectivity index (χ4v) is 1.64. The van der Waals surface area contributed by atoms with Crippen LogP contribution in [-0.4, -0.2) is 11.1 Å². The largest absolute Gasteiger partial charge is 0.481 e. The van der Waals surface area contributed by atoms with Crippen molar-refractivity contribution in [2.45, 2.75) is 19.8 Å². The molecule has 3 heteroatoms. The lowest BCUT2D eigenvalue weighted by Gasteiger charge is -2.03. The predicted molar refractivity (Wildman–Crippen MR) is 49.4 cm³/mol. The van der Waals surface area contributed by atoms with E-state index in [1.54, 1.807) is 18.3 Å². The van der Waals surface area contributed by atoms with Gasteiger partial charge in [-0.05, 0) is 35.2 Å². The molecule has 0 saturated heterocycles. The molecule has 0 radical (unpaired) electrons. The summed E-state index contributed by atoms with van der Waals surface area (Å²) in [5.74, 6) is -0.935. The maximum Gasteiger partial charge on any atom is 0.306 e. The van der Waals surface area contributed by atoms with Crippen molar-refractivity contribution in [2.75, 3.05) is 0 Å². The Balaban J connectivity index is 2.31. The molecule has 1 heterocycles. The Morgan fingerprint density at radius 2 is 2.50 bits per heavy atom. The molecular weight excluding hydrogens is 172 g/mol. The summed E-state index contributed by atoms with van der Waals surface area (Å²) in [6.45, 7) is 1.74. The third-order valence-electron chi connectivity index (χ3n) is 1.87. The first kappa shape index (κ1) is 9.26. The molecule has 0 saturated carbocycles. The topological polar surface area (TPSA) is 37.3 Å². The molecule has 0 aliphatic heterocycles. The number of hydrogen-bond donors (Lipinski definition) is 1. The highest BCUT2D eigenvalue weighted by Gasteiger charge is 2.10. The molecule has 0 aromatic carbocycles. The van der Waals surface area contributed by atoms with Crippen molar-refractivity contribution in [2.24, 2.45) is 5.92 Å². The van der Waals surface area contributed by atoms with Crippen molar-refractivity contribution in [1.82, 2.24) is 0 Å². The van der Waals surface area contributed by atoms with Crippen LogP contribution in [0.2, 0.25) is 0 Å². The summed E-state index contributed by atoms with van der Waals surface area (Å²) < 4.78 is 0.